The van der Waals surface area contributed by atoms with Crippen molar-refractivity contribution in [1.29, 1.82) is 0 Å². The van der Waals surface area contributed by atoms with Gasteiger partial charge >= 0.3 is 10.1 Å². The van der Waals surface area contributed by atoms with Gasteiger partial charge in [0.05, 0.1) is 16.9 Å². The van der Waals surface area contributed by atoms with Crippen molar-refractivity contribution in [3.8, 4) is 5.75 Å². The highest BCUT2D eigenvalue weighted by molar-refractivity contribution is 7.86. The van der Waals surface area contributed by atoms with Gasteiger partial charge in [0.15, 0.2) is 5.75 Å². The summed E-state index contributed by atoms with van der Waals surface area (Å²) in [4.78, 5) is 5.27. The second-order valence-electron chi connectivity index (χ2n) is 10.7. The summed E-state index contributed by atoms with van der Waals surface area (Å²) < 4.78 is 28.8. The lowest BCUT2D eigenvalue weighted by atomic mass is 9.54. The number of benzene rings is 1. The van der Waals surface area contributed by atoms with Gasteiger partial charge in [0.2, 0.25) is 0 Å². The van der Waals surface area contributed by atoms with E-state index in [1.807, 2.05) is 13.1 Å². The highest BCUT2D eigenvalue weighted by Crippen LogP contribution is 2.58. The van der Waals surface area contributed by atoms with Crippen LogP contribution in [0.2, 0.25) is 5.02 Å². The summed E-state index contributed by atoms with van der Waals surface area (Å²) in [6, 6.07) is 3.63. The SMILES string of the molecule is CC(CC([O-])N1C2CC3(C)CC1CC(O)(C2)C3)c1c[nH]c2ccc(Cl)c(OS(C)(=O)=O)c12. The molecule has 2 aliphatic heterocycles. The average molecular weight is 482 g/mol. The van der Waals surface area contributed by atoms with E-state index in [0.29, 0.717) is 30.2 Å². The Labute approximate surface area is 193 Å². The van der Waals surface area contributed by atoms with E-state index in [-0.39, 0.29) is 34.2 Å². The van der Waals surface area contributed by atoms with Crippen molar-refractivity contribution in [2.45, 2.75) is 82.2 Å². The number of fused-ring (bicyclic) bond motifs is 1. The number of aromatic amines is 1. The fourth-order valence-electron chi connectivity index (χ4n) is 6.96. The van der Waals surface area contributed by atoms with Crippen molar-refractivity contribution < 1.29 is 22.8 Å². The Morgan fingerprint density at radius 3 is 2.56 bits per heavy atom. The molecule has 32 heavy (non-hydrogen) atoms. The Kier molecular flexibility index (Phi) is 5.15. The topological polar surface area (TPSA) is 106 Å². The molecule has 4 atom stereocenters. The Bertz CT molecular complexity index is 1130. The minimum absolute atomic E-state index is 0.0993. The van der Waals surface area contributed by atoms with Crippen molar-refractivity contribution >= 4 is 32.6 Å². The minimum Gasteiger partial charge on any atom is -0.841 e. The number of aromatic nitrogens is 1. The largest absolute Gasteiger partial charge is 0.841 e. The second kappa shape index (κ2) is 7.34. The first-order valence-corrected chi connectivity index (χ1v) is 13.4. The van der Waals surface area contributed by atoms with Crippen LogP contribution in [-0.4, -0.2) is 53.6 Å². The van der Waals surface area contributed by atoms with E-state index in [0.717, 1.165) is 31.1 Å². The van der Waals surface area contributed by atoms with E-state index in [1.165, 1.54) is 0 Å². The Balaban J connectivity index is 1.41. The van der Waals surface area contributed by atoms with Crippen LogP contribution in [0.1, 0.15) is 63.9 Å². The minimum atomic E-state index is -3.77. The van der Waals surface area contributed by atoms with Crippen molar-refractivity contribution in [3.63, 3.8) is 0 Å². The van der Waals surface area contributed by atoms with Crippen LogP contribution in [0.25, 0.3) is 10.9 Å². The van der Waals surface area contributed by atoms with Gasteiger partial charge in [-0.25, -0.2) is 0 Å². The van der Waals surface area contributed by atoms with Crippen LogP contribution in [0.5, 0.6) is 5.75 Å². The summed E-state index contributed by atoms with van der Waals surface area (Å²) >= 11 is 6.28. The third kappa shape index (κ3) is 3.84. The van der Waals surface area contributed by atoms with Crippen LogP contribution >= 0.6 is 11.6 Å². The predicted octanol–water partition coefficient (Wildman–Crippen LogP) is 3.11. The molecule has 9 heteroatoms. The van der Waals surface area contributed by atoms with Gasteiger partial charge in [0.25, 0.3) is 0 Å². The molecule has 2 aliphatic carbocycles. The van der Waals surface area contributed by atoms with E-state index >= 15 is 0 Å². The van der Waals surface area contributed by atoms with E-state index < -0.39 is 21.9 Å². The molecule has 1 aromatic heterocycles. The lowest BCUT2D eigenvalue weighted by Gasteiger charge is -2.66. The van der Waals surface area contributed by atoms with Gasteiger partial charge in [0, 0.05) is 29.2 Å². The monoisotopic (exact) mass is 481 g/mol. The number of piperidine rings is 2. The van der Waals surface area contributed by atoms with Crippen molar-refractivity contribution in [2.24, 2.45) is 5.41 Å². The molecule has 4 aliphatic rings. The van der Waals surface area contributed by atoms with E-state index in [9.17, 15) is 18.6 Å². The summed E-state index contributed by atoms with van der Waals surface area (Å²) in [5, 5.41) is 25.3. The van der Waals surface area contributed by atoms with Crippen LogP contribution in [0.15, 0.2) is 18.3 Å². The molecule has 4 bridgehead atoms. The first kappa shape index (κ1) is 22.5. The summed E-state index contributed by atoms with van der Waals surface area (Å²) in [6.45, 7) is 4.22. The van der Waals surface area contributed by atoms with Crippen LogP contribution in [0.3, 0.4) is 0 Å². The molecule has 6 rings (SSSR count). The molecule has 2 saturated heterocycles. The van der Waals surface area contributed by atoms with Gasteiger partial charge in [-0.1, -0.05) is 31.7 Å². The Morgan fingerprint density at radius 1 is 1.31 bits per heavy atom. The highest BCUT2D eigenvalue weighted by Gasteiger charge is 2.58. The first-order chi connectivity index (χ1) is 14.9. The molecule has 7 nitrogen and oxygen atoms in total. The van der Waals surface area contributed by atoms with E-state index in [4.69, 9.17) is 15.8 Å². The summed E-state index contributed by atoms with van der Waals surface area (Å²) in [5.74, 6) is -0.0372. The Hall–Kier alpha value is -1.32. The number of hydrogen-bond acceptors (Lipinski definition) is 6. The van der Waals surface area contributed by atoms with Gasteiger partial charge in [-0.3, -0.25) is 0 Å². The molecule has 0 amide bonds. The van der Waals surface area contributed by atoms with Crippen molar-refractivity contribution in [1.82, 2.24) is 9.88 Å². The zero-order chi connectivity index (χ0) is 23.1. The molecule has 2 saturated carbocycles. The fourth-order valence-corrected chi connectivity index (χ4v) is 7.68. The number of rotatable bonds is 6. The maximum absolute atomic E-state index is 13.5. The summed E-state index contributed by atoms with van der Waals surface area (Å²) in [7, 11) is -3.77. The molecular formula is C23H30ClN2O5S-. The van der Waals surface area contributed by atoms with Crippen molar-refractivity contribution in [3.05, 3.63) is 28.9 Å². The lowest BCUT2D eigenvalue weighted by molar-refractivity contribution is -0.476. The highest BCUT2D eigenvalue weighted by atomic mass is 35.5. The van der Waals surface area contributed by atoms with E-state index in [1.54, 1.807) is 12.1 Å². The quantitative estimate of drug-likeness (QED) is 0.614. The zero-order valence-corrected chi connectivity index (χ0v) is 20.2. The summed E-state index contributed by atoms with van der Waals surface area (Å²) in [6.07, 6.45) is 6.42. The zero-order valence-electron chi connectivity index (χ0n) is 18.6. The van der Waals surface area contributed by atoms with Crippen LogP contribution < -0.4 is 9.29 Å². The number of H-pyrrole nitrogens is 1. The van der Waals surface area contributed by atoms with Gasteiger partial charge < -0.3 is 24.3 Å². The molecule has 0 spiro atoms. The molecule has 176 valence electrons. The average Bonchev–Trinajstić information content (AvgIpc) is 3.05. The maximum atomic E-state index is 13.5. The number of nitrogens with one attached hydrogen (secondary N) is 1. The van der Waals surface area contributed by atoms with Crippen LogP contribution in [0, 0.1) is 5.41 Å². The lowest BCUT2D eigenvalue weighted by Crippen LogP contribution is -2.70. The molecule has 2 N–H and O–H groups in total. The number of aliphatic hydroxyl groups is 1. The number of halogens is 1. The molecule has 4 fully saturated rings. The van der Waals surface area contributed by atoms with Crippen LogP contribution in [-0.2, 0) is 10.1 Å². The maximum Gasteiger partial charge on any atom is 0.306 e. The molecule has 1 aromatic carbocycles. The summed E-state index contributed by atoms with van der Waals surface area (Å²) in [5.41, 5.74) is 1.04. The molecular weight excluding hydrogens is 452 g/mol. The predicted molar refractivity (Wildman–Crippen MR) is 121 cm³/mol. The number of nitrogens with zero attached hydrogens (tertiary/aromatic N) is 1. The van der Waals surface area contributed by atoms with E-state index in [2.05, 4.69) is 16.8 Å². The third-order valence-electron chi connectivity index (χ3n) is 7.72. The number of hydrogen-bond donors (Lipinski definition) is 2. The van der Waals surface area contributed by atoms with Gasteiger partial charge in [-0.2, -0.15) is 8.42 Å². The fraction of sp³-hybridized carbons (Fsp3) is 0.652. The van der Waals surface area contributed by atoms with Crippen LogP contribution in [0.4, 0.5) is 0 Å². The normalized spacial score (nSPS) is 34.2. The third-order valence-corrected chi connectivity index (χ3v) is 8.49. The molecule has 3 heterocycles. The smallest absolute Gasteiger partial charge is 0.306 e. The molecule has 4 unspecified atom stereocenters. The van der Waals surface area contributed by atoms with Gasteiger partial charge in [-0.05, 0) is 67.6 Å². The van der Waals surface area contributed by atoms with Crippen molar-refractivity contribution in [2.75, 3.05) is 6.26 Å². The molecule has 0 radical (unpaired) electrons. The molecule has 2 aromatic rings. The standard InChI is InChI=1S/C23H30ClN2O5S/c1-13(16-11-25-18-5-4-17(24)21(20(16)18)31-32(3,29)30)6-19(27)26-14-7-22(2)8-15(26)10-23(28,9-14)12-22/h4-5,11,13-15,19,25,28H,6-10,12H2,1-3H3/q-1. The van der Waals surface area contributed by atoms with Gasteiger partial charge in [-0.15, -0.1) is 0 Å². The van der Waals surface area contributed by atoms with Gasteiger partial charge in [0.1, 0.15) is 0 Å². The first-order valence-electron chi connectivity index (χ1n) is 11.2. The Morgan fingerprint density at radius 2 is 1.97 bits per heavy atom. The second-order valence-corrected chi connectivity index (χ2v) is 12.7.